The minimum Gasteiger partial charge on any atom is -0.449 e. The zero-order valence-electron chi connectivity index (χ0n) is 7.65. The lowest BCUT2D eigenvalue weighted by atomic mass is 10.2. The molecule has 0 aromatic carbocycles. The lowest BCUT2D eigenvalue weighted by Crippen LogP contribution is -1.74. The maximum absolute atomic E-state index is 10.0. The molecule has 0 saturated carbocycles. The molecule has 3 heteroatoms. The SMILES string of the molecule is CC(/C=C/C=O)=C\c1coc(C)n1. The number of aromatic nitrogens is 1. The van der Waals surface area contributed by atoms with Gasteiger partial charge in [-0.1, -0.05) is 6.08 Å². The van der Waals surface area contributed by atoms with Crippen molar-refractivity contribution in [1.29, 1.82) is 0 Å². The first-order chi connectivity index (χ1) is 6.22. The molecule has 3 nitrogen and oxygen atoms in total. The van der Waals surface area contributed by atoms with Gasteiger partial charge in [-0.3, -0.25) is 4.79 Å². The van der Waals surface area contributed by atoms with Gasteiger partial charge < -0.3 is 4.42 Å². The van der Waals surface area contributed by atoms with Gasteiger partial charge >= 0.3 is 0 Å². The van der Waals surface area contributed by atoms with Gasteiger partial charge in [0.1, 0.15) is 18.2 Å². The van der Waals surface area contributed by atoms with Crippen LogP contribution >= 0.6 is 0 Å². The second-order valence-corrected chi connectivity index (χ2v) is 2.67. The number of rotatable bonds is 3. The summed E-state index contributed by atoms with van der Waals surface area (Å²) in [7, 11) is 0. The van der Waals surface area contributed by atoms with Crippen molar-refractivity contribution in [1.82, 2.24) is 4.98 Å². The van der Waals surface area contributed by atoms with Crippen molar-refractivity contribution < 1.29 is 9.21 Å². The summed E-state index contributed by atoms with van der Waals surface area (Å²) in [6.45, 7) is 3.68. The predicted octanol–water partition coefficient (Wildman–Crippen LogP) is 2.14. The third kappa shape index (κ3) is 3.07. The van der Waals surface area contributed by atoms with E-state index in [0.29, 0.717) is 5.89 Å². The molecular weight excluding hydrogens is 166 g/mol. The van der Waals surface area contributed by atoms with Crippen molar-refractivity contribution in [3.05, 3.63) is 35.6 Å². The third-order valence-corrected chi connectivity index (χ3v) is 1.45. The van der Waals surface area contributed by atoms with E-state index in [-0.39, 0.29) is 0 Å². The van der Waals surface area contributed by atoms with Crippen LogP contribution in [0.1, 0.15) is 18.5 Å². The van der Waals surface area contributed by atoms with Crippen LogP contribution in [-0.2, 0) is 4.79 Å². The van der Waals surface area contributed by atoms with E-state index in [1.54, 1.807) is 19.3 Å². The van der Waals surface area contributed by atoms with Crippen LogP contribution in [-0.4, -0.2) is 11.3 Å². The summed E-state index contributed by atoms with van der Waals surface area (Å²) in [4.78, 5) is 14.1. The van der Waals surface area contributed by atoms with E-state index < -0.39 is 0 Å². The maximum Gasteiger partial charge on any atom is 0.191 e. The molecule has 0 bridgehead atoms. The van der Waals surface area contributed by atoms with E-state index in [4.69, 9.17) is 4.42 Å². The number of nitrogens with zero attached hydrogens (tertiary/aromatic N) is 1. The molecule has 0 aliphatic carbocycles. The summed E-state index contributed by atoms with van der Waals surface area (Å²) in [5.41, 5.74) is 1.73. The van der Waals surface area contributed by atoms with E-state index >= 15 is 0 Å². The summed E-state index contributed by atoms with van der Waals surface area (Å²) in [5.74, 6) is 0.637. The summed E-state index contributed by atoms with van der Waals surface area (Å²) < 4.78 is 5.02. The molecular formula is C10H11NO2. The second-order valence-electron chi connectivity index (χ2n) is 2.67. The molecule has 1 heterocycles. The summed E-state index contributed by atoms with van der Waals surface area (Å²) >= 11 is 0. The van der Waals surface area contributed by atoms with E-state index in [1.807, 2.05) is 13.0 Å². The number of carbonyl (C=O) groups excluding carboxylic acids is 1. The Balaban J connectivity index is 2.75. The van der Waals surface area contributed by atoms with Crippen LogP contribution < -0.4 is 0 Å². The molecule has 0 spiro atoms. The van der Waals surface area contributed by atoms with Crippen molar-refractivity contribution in [3.8, 4) is 0 Å². The molecule has 0 N–H and O–H groups in total. The standard InChI is InChI=1S/C10H11NO2/c1-8(4-3-5-12)6-10-7-13-9(2)11-10/h3-7H,1-2H3/b4-3+,8-6+. The topological polar surface area (TPSA) is 43.1 Å². The molecule has 0 atom stereocenters. The smallest absolute Gasteiger partial charge is 0.191 e. The number of carbonyl (C=O) groups is 1. The molecule has 0 saturated heterocycles. The van der Waals surface area contributed by atoms with E-state index in [0.717, 1.165) is 17.6 Å². The van der Waals surface area contributed by atoms with Gasteiger partial charge in [-0.05, 0) is 24.6 Å². The van der Waals surface area contributed by atoms with Crippen LogP contribution in [0.5, 0.6) is 0 Å². The van der Waals surface area contributed by atoms with Gasteiger partial charge in [0, 0.05) is 6.92 Å². The number of allylic oxidation sites excluding steroid dienone is 3. The average molecular weight is 177 g/mol. The highest BCUT2D eigenvalue weighted by atomic mass is 16.3. The van der Waals surface area contributed by atoms with Gasteiger partial charge in [-0.25, -0.2) is 4.98 Å². The van der Waals surface area contributed by atoms with Gasteiger partial charge in [0.15, 0.2) is 5.89 Å². The third-order valence-electron chi connectivity index (χ3n) is 1.45. The lowest BCUT2D eigenvalue weighted by Gasteiger charge is -1.86. The van der Waals surface area contributed by atoms with Crippen LogP contribution in [0, 0.1) is 6.92 Å². The second kappa shape index (κ2) is 4.40. The van der Waals surface area contributed by atoms with Crippen molar-refractivity contribution in [2.75, 3.05) is 0 Å². The van der Waals surface area contributed by atoms with Gasteiger partial charge in [0.2, 0.25) is 0 Å². The largest absolute Gasteiger partial charge is 0.449 e. The number of oxazole rings is 1. The van der Waals surface area contributed by atoms with Gasteiger partial charge in [0.25, 0.3) is 0 Å². The monoisotopic (exact) mass is 177 g/mol. The Hall–Kier alpha value is -1.64. The molecule has 1 aromatic rings. The molecule has 13 heavy (non-hydrogen) atoms. The zero-order chi connectivity index (χ0) is 9.68. The number of aryl methyl sites for hydroxylation is 1. The van der Waals surface area contributed by atoms with Crippen LogP contribution in [0.4, 0.5) is 0 Å². The number of hydrogen-bond donors (Lipinski definition) is 0. The molecule has 0 amide bonds. The van der Waals surface area contributed by atoms with Crippen LogP contribution in [0.25, 0.3) is 6.08 Å². The van der Waals surface area contributed by atoms with Crippen molar-refractivity contribution >= 4 is 12.4 Å². The van der Waals surface area contributed by atoms with Crippen molar-refractivity contribution in [2.45, 2.75) is 13.8 Å². The number of aldehydes is 1. The Morgan fingerprint density at radius 3 is 2.92 bits per heavy atom. The average Bonchev–Trinajstić information content (AvgIpc) is 2.48. The Morgan fingerprint density at radius 2 is 2.38 bits per heavy atom. The van der Waals surface area contributed by atoms with Crippen LogP contribution in [0.2, 0.25) is 0 Å². The quantitative estimate of drug-likeness (QED) is 0.403. The summed E-state index contributed by atoms with van der Waals surface area (Å²) in [5, 5.41) is 0. The first-order valence-corrected chi connectivity index (χ1v) is 3.94. The van der Waals surface area contributed by atoms with Crippen LogP contribution in [0.15, 0.2) is 28.4 Å². The summed E-state index contributed by atoms with van der Waals surface area (Å²) in [6.07, 6.45) is 7.32. The van der Waals surface area contributed by atoms with Crippen molar-refractivity contribution in [2.24, 2.45) is 0 Å². The molecule has 1 aromatic heterocycles. The fraction of sp³-hybridized carbons (Fsp3) is 0.200. The van der Waals surface area contributed by atoms with Gasteiger partial charge in [0.05, 0.1) is 0 Å². The Bertz CT molecular complexity index is 348. The molecule has 0 fully saturated rings. The van der Waals surface area contributed by atoms with E-state index in [9.17, 15) is 4.79 Å². The first kappa shape index (κ1) is 9.45. The van der Waals surface area contributed by atoms with Crippen LogP contribution in [0.3, 0.4) is 0 Å². The maximum atomic E-state index is 10.0. The highest BCUT2D eigenvalue weighted by Gasteiger charge is 1.94. The molecule has 0 aliphatic heterocycles. The highest BCUT2D eigenvalue weighted by molar-refractivity contribution is 5.67. The highest BCUT2D eigenvalue weighted by Crippen LogP contribution is 2.06. The lowest BCUT2D eigenvalue weighted by molar-refractivity contribution is -0.104. The molecule has 0 unspecified atom stereocenters. The molecule has 0 aliphatic rings. The fourth-order valence-corrected chi connectivity index (χ4v) is 0.919. The van der Waals surface area contributed by atoms with E-state index in [1.165, 1.54) is 6.08 Å². The molecule has 0 radical (unpaired) electrons. The Morgan fingerprint density at radius 1 is 1.62 bits per heavy atom. The zero-order valence-corrected chi connectivity index (χ0v) is 7.65. The van der Waals surface area contributed by atoms with Crippen molar-refractivity contribution in [3.63, 3.8) is 0 Å². The minimum absolute atomic E-state index is 0.637. The predicted molar refractivity (Wildman–Crippen MR) is 50.1 cm³/mol. The summed E-state index contributed by atoms with van der Waals surface area (Å²) in [6, 6.07) is 0. The fourth-order valence-electron chi connectivity index (χ4n) is 0.919. The minimum atomic E-state index is 0.637. The molecule has 1 rings (SSSR count). The normalized spacial score (nSPS) is 12.3. The Kier molecular flexibility index (Phi) is 3.20. The van der Waals surface area contributed by atoms with Gasteiger partial charge in [-0.2, -0.15) is 0 Å². The molecule has 68 valence electrons. The van der Waals surface area contributed by atoms with E-state index in [2.05, 4.69) is 4.98 Å². The number of hydrogen-bond acceptors (Lipinski definition) is 3. The van der Waals surface area contributed by atoms with Gasteiger partial charge in [-0.15, -0.1) is 0 Å². The Labute approximate surface area is 76.8 Å². The first-order valence-electron chi connectivity index (χ1n) is 3.94.